The zero-order valence-electron chi connectivity index (χ0n) is 14.1. The second-order valence-corrected chi connectivity index (χ2v) is 9.70. The van der Waals surface area contributed by atoms with Crippen molar-refractivity contribution in [2.75, 3.05) is 5.75 Å². The van der Waals surface area contributed by atoms with Gasteiger partial charge in [-0.25, -0.2) is 4.98 Å². The van der Waals surface area contributed by atoms with Gasteiger partial charge in [-0.05, 0) is 33.1 Å². The van der Waals surface area contributed by atoms with Crippen LogP contribution in [0.3, 0.4) is 0 Å². The van der Waals surface area contributed by atoms with Gasteiger partial charge in [-0.2, -0.15) is 0 Å². The minimum absolute atomic E-state index is 0.00349. The molecule has 2 amide bonds. The normalized spacial score (nSPS) is 31.5. The topological polar surface area (TPSA) is 62.3 Å². The number of nitrogens with one attached hydrogen (secondary N) is 1. The van der Waals surface area contributed by atoms with Crippen molar-refractivity contribution in [2.24, 2.45) is 0 Å². The van der Waals surface area contributed by atoms with E-state index in [0.717, 1.165) is 42.8 Å². The number of fused-ring (bicyclic) bond motifs is 1. The molecule has 1 N–H and O–H groups in total. The van der Waals surface area contributed by atoms with Crippen LogP contribution in [-0.4, -0.2) is 38.4 Å². The van der Waals surface area contributed by atoms with Crippen molar-refractivity contribution in [1.29, 1.82) is 0 Å². The first-order valence-electron chi connectivity index (χ1n) is 8.64. The molecule has 0 aromatic carbocycles. The molecule has 1 aromatic rings. The fourth-order valence-corrected chi connectivity index (χ4v) is 6.72. The molecular weight excluding hydrogens is 342 g/mol. The van der Waals surface area contributed by atoms with Crippen LogP contribution in [0.2, 0.25) is 0 Å². The van der Waals surface area contributed by atoms with Gasteiger partial charge in [0.25, 0.3) is 0 Å². The quantitative estimate of drug-likeness (QED) is 0.895. The molecule has 3 aliphatic rings. The first-order chi connectivity index (χ1) is 11.4. The van der Waals surface area contributed by atoms with E-state index >= 15 is 0 Å². The van der Waals surface area contributed by atoms with E-state index in [1.165, 1.54) is 0 Å². The van der Waals surface area contributed by atoms with E-state index in [1.54, 1.807) is 23.1 Å². The number of thioether (sulfide) groups is 1. The van der Waals surface area contributed by atoms with E-state index in [2.05, 4.69) is 17.2 Å². The van der Waals surface area contributed by atoms with Crippen LogP contribution in [0.25, 0.3) is 0 Å². The Morgan fingerprint density at radius 1 is 1.38 bits per heavy atom. The zero-order chi connectivity index (χ0) is 16.9. The maximum Gasteiger partial charge on any atom is 0.244 e. The second-order valence-electron chi connectivity index (χ2n) is 7.34. The molecule has 5 nitrogen and oxygen atoms in total. The minimum Gasteiger partial charge on any atom is -0.342 e. The lowest BCUT2D eigenvalue weighted by Crippen LogP contribution is -2.54. The predicted octanol–water partition coefficient (Wildman–Crippen LogP) is 2.79. The highest BCUT2D eigenvalue weighted by atomic mass is 32.2. The molecule has 2 saturated heterocycles. The third-order valence-corrected chi connectivity index (χ3v) is 8.26. The maximum atomic E-state index is 13.1. The monoisotopic (exact) mass is 365 g/mol. The molecule has 0 spiro atoms. The fraction of sp³-hybridized carbons (Fsp3) is 0.706. The van der Waals surface area contributed by atoms with Gasteiger partial charge in [-0.3, -0.25) is 9.59 Å². The summed E-state index contributed by atoms with van der Waals surface area (Å²) < 4.78 is 0. The number of hydrogen-bond acceptors (Lipinski definition) is 5. The van der Waals surface area contributed by atoms with Crippen LogP contribution in [0.5, 0.6) is 0 Å². The summed E-state index contributed by atoms with van der Waals surface area (Å²) in [5.74, 6) is 0.811. The highest BCUT2D eigenvalue weighted by Crippen LogP contribution is 2.48. The summed E-state index contributed by atoms with van der Waals surface area (Å²) in [6.07, 6.45) is 5.51. The molecule has 3 fully saturated rings. The van der Waals surface area contributed by atoms with Crippen molar-refractivity contribution in [3.63, 3.8) is 0 Å². The average molecular weight is 366 g/mol. The minimum atomic E-state index is -0.339. The standard InChI is InChI=1S/C17H23N3O2S2/c1-11-9-23-15(18-11)17(6-3-4-7-17)19-14(22)12-10-24-16(2)8-5-13(21)20(12)16/h9,12H,3-8,10H2,1-2H3,(H,19,22)/t12-,16-/m1/s1. The van der Waals surface area contributed by atoms with Gasteiger partial charge >= 0.3 is 0 Å². The smallest absolute Gasteiger partial charge is 0.244 e. The van der Waals surface area contributed by atoms with Crippen LogP contribution in [0.15, 0.2) is 5.38 Å². The van der Waals surface area contributed by atoms with Gasteiger partial charge < -0.3 is 10.2 Å². The van der Waals surface area contributed by atoms with E-state index in [9.17, 15) is 9.59 Å². The van der Waals surface area contributed by atoms with Crippen molar-refractivity contribution in [2.45, 2.75) is 68.8 Å². The largest absolute Gasteiger partial charge is 0.342 e. The summed E-state index contributed by atoms with van der Waals surface area (Å²) >= 11 is 3.38. The SMILES string of the molecule is Cc1csc(C2(NC(=O)[C@H]3CS[C@]4(C)CCC(=O)N34)CCCC2)n1. The van der Waals surface area contributed by atoms with Gasteiger partial charge in [0.15, 0.2) is 0 Å². The lowest BCUT2D eigenvalue weighted by molar-refractivity contribution is -0.138. The molecule has 1 aliphatic carbocycles. The highest BCUT2D eigenvalue weighted by Gasteiger charge is 2.54. The Morgan fingerprint density at radius 3 is 2.79 bits per heavy atom. The van der Waals surface area contributed by atoms with Gasteiger partial charge in [-0.15, -0.1) is 23.1 Å². The first kappa shape index (κ1) is 16.4. The molecule has 2 aliphatic heterocycles. The van der Waals surface area contributed by atoms with E-state index in [4.69, 9.17) is 0 Å². The third-order valence-electron chi connectivity index (χ3n) is 5.60. The summed E-state index contributed by atoms with van der Waals surface area (Å²) in [7, 11) is 0. The number of carbonyl (C=O) groups excluding carboxylic acids is 2. The Bertz CT molecular complexity index is 683. The van der Waals surface area contributed by atoms with Gasteiger partial charge in [0.1, 0.15) is 11.0 Å². The summed E-state index contributed by atoms with van der Waals surface area (Å²) in [5.41, 5.74) is 0.678. The molecule has 0 radical (unpaired) electrons. The summed E-state index contributed by atoms with van der Waals surface area (Å²) in [5, 5.41) is 6.39. The second kappa shape index (κ2) is 5.73. The molecule has 0 unspecified atom stereocenters. The number of aryl methyl sites for hydroxylation is 1. The molecule has 24 heavy (non-hydrogen) atoms. The number of rotatable bonds is 3. The van der Waals surface area contributed by atoms with Crippen LogP contribution in [0, 0.1) is 6.92 Å². The molecule has 1 saturated carbocycles. The Morgan fingerprint density at radius 2 is 2.12 bits per heavy atom. The van der Waals surface area contributed by atoms with Crippen LogP contribution in [0.4, 0.5) is 0 Å². The predicted molar refractivity (Wildman–Crippen MR) is 95.9 cm³/mol. The molecule has 7 heteroatoms. The van der Waals surface area contributed by atoms with E-state index in [1.807, 2.05) is 17.2 Å². The van der Waals surface area contributed by atoms with Crippen molar-refractivity contribution < 1.29 is 9.59 Å². The Balaban J connectivity index is 1.57. The maximum absolute atomic E-state index is 13.1. The third kappa shape index (κ3) is 2.47. The molecule has 4 rings (SSSR count). The van der Waals surface area contributed by atoms with E-state index < -0.39 is 0 Å². The number of thiazole rings is 1. The summed E-state index contributed by atoms with van der Waals surface area (Å²) in [6.45, 7) is 4.08. The number of aromatic nitrogens is 1. The van der Waals surface area contributed by atoms with Gasteiger partial charge in [-0.1, -0.05) is 12.8 Å². The molecule has 2 atom stereocenters. The lowest BCUT2D eigenvalue weighted by atomic mass is 9.97. The Labute approximate surface area is 150 Å². The molecule has 3 heterocycles. The molecule has 1 aromatic heterocycles. The number of hydrogen-bond donors (Lipinski definition) is 1. The van der Waals surface area contributed by atoms with Crippen molar-refractivity contribution in [1.82, 2.24) is 15.2 Å². The van der Waals surface area contributed by atoms with E-state index in [0.29, 0.717) is 12.2 Å². The van der Waals surface area contributed by atoms with Crippen molar-refractivity contribution in [3.05, 3.63) is 16.1 Å². The van der Waals surface area contributed by atoms with Crippen LogP contribution >= 0.6 is 23.1 Å². The van der Waals surface area contributed by atoms with Gasteiger partial charge in [0.2, 0.25) is 11.8 Å². The van der Waals surface area contributed by atoms with E-state index in [-0.39, 0.29) is 28.3 Å². The molecule has 0 bridgehead atoms. The first-order valence-corrected chi connectivity index (χ1v) is 10.5. The number of carbonyl (C=O) groups is 2. The summed E-state index contributed by atoms with van der Waals surface area (Å²) in [6, 6.07) is -0.339. The Kier molecular flexibility index (Phi) is 3.91. The number of nitrogens with zero attached hydrogens (tertiary/aromatic N) is 2. The zero-order valence-corrected chi connectivity index (χ0v) is 15.8. The molecule has 130 valence electrons. The molecular formula is C17H23N3O2S2. The summed E-state index contributed by atoms with van der Waals surface area (Å²) in [4.78, 5) is 31.7. The highest BCUT2D eigenvalue weighted by molar-refractivity contribution is 8.01. The van der Waals surface area contributed by atoms with Crippen molar-refractivity contribution in [3.8, 4) is 0 Å². The number of amides is 2. The van der Waals surface area contributed by atoms with Crippen LogP contribution < -0.4 is 5.32 Å². The van der Waals surface area contributed by atoms with Crippen LogP contribution in [-0.2, 0) is 15.1 Å². The average Bonchev–Trinajstić information content (AvgIpc) is 3.27. The lowest BCUT2D eigenvalue weighted by Gasteiger charge is -2.33. The van der Waals surface area contributed by atoms with Crippen molar-refractivity contribution >= 4 is 34.9 Å². The van der Waals surface area contributed by atoms with Gasteiger partial charge in [0.05, 0.1) is 10.4 Å². The van der Waals surface area contributed by atoms with Crippen LogP contribution in [0.1, 0.15) is 56.2 Å². The fourth-order valence-electron chi connectivity index (χ4n) is 4.28. The Hall–Kier alpha value is -1.08. The van der Waals surface area contributed by atoms with Gasteiger partial charge in [0, 0.05) is 23.2 Å².